The minimum Gasteiger partial charge on any atom is -0.394 e. The van der Waals surface area contributed by atoms with E-state index in [4.69, 9.17) is 20.0 Å². The first kappa shape index (κ1) is 12.0. The van der Waals surface area contributed by atoms with Gasteiger partial charge in [-0.25, -0.2) is 4.57 Å². The highest BCUT2D eigenvalue weighted by atomic mass is 31.2. The summed E-state index contributed by atoms with van der Waals surface area (Å²) < 4.78 is 10.4. The Hall–Kier alpha value is -0.0100. The number of rotatable bonds is 5. The summed E-state index contributed by atoms with van der Waals surface area (Å²) in [6.07, 6.45) is -1.14. The quantitative estimate of drug-likeness (QED) is 0.310. The van der Waals surface area contributed by atoms with Gasteiger partial charge in [-0.1, -0.05) is 4.83 Å². The molecule has 0 amide bonds. The normalized spacial score (nSPS) is 15.2. The summed E-state index contributed by atoms with van der Waals surface area (Å²) in [5, 5.41) is 17.0. The molecule has 0 heterocycles. The lowest BCUT2D eigenvalue weighted by Crippen LogP contribution is -2.25. The van der Waals surface area contributed by atoms with Gasteiger partial charge in [0.25, 0.3) is 0 Å². The number of aliphatic hydroxyl groups is 2. The predicted octanol–water partition coefficient (Wildman–Crippen LogP) is -1.70. The number of hydrogen-bond donors (Lipinski definition) is 4. The summed E-state index contributed by atoms with van der Waals surface area (Å²) in [4.78, 5) is 21.6. The van der Waals surface area contributed by atoms with Crippen molar-refractivity contribution in [1.82, 2.24) is 4.83 Å². The Labute approximate surface area is 69.4 Å². The molecule has 0 radical (unpaired) electrons. The van der Waals surface area contributed by atoms with Crippen LogP contribution in [0.3, 0.4) is 0 Å². The maximum atomic E-state index is 10.4. The molecule has 4 N–H and O–H groups in total. The fraction of sp³-hybridized carbons (Fsp3) is 1.00. The van der Waals surface area contributed by atoms with Gasteiger partial charge in [0.05, 0.1) is 13.2 Å². The van der Waals surface area contributed by atoms with Gasteiger partial charge in [-0.05, 0) is 0 Å². The average Bonchev–Trinajstić information content (AvgIpc) is 1.97. The lowest BCUT2D eigenvalue weighted by molar-refractivity contribution is -0.121. The van der Waals surface area contributed by atoms with Gasteiger partial charge in [-0.3, -0.25) is 4.84 Å². The lowest BCUT2D eigenvalue weighted by Gasteiger charge is -2.18. The highest BCUT2D eigenvalue weighted by Gasteiger charge is 2.22. The van der Waals surface area contributed by atoms with Crippen LogP contribution in [0.15, 0.2) is 0 Å². The van der Waals surface area contributed by atoms with Crippen molar-refractivity contribution in [3.05, 3.63) is 0 Å². The van der Waals surface area contributed by atoms with E-state index in [1.54, 1.807) is 0 Å². The summed E-state index contributed by atoms with van der Waals surface area (Å²) >= 11 is 0. The van der Waals surface area contributed by atoms with Gasteiger partial charge < -0.3 is 20.0 Å². The predicted molar refractivity (Wildman–Crippen MR) is 38.9 cm³/mol. The monoisotopic (exact) mass is 201 g/mol. The van der Waals surface area contributed by atoms with E-state index in [9.17, 15) is 4.57 Å². The smallest absolute Gasteiger partial charge is 0.394 e. The summed E-state index contributed by atoms with van der Waals surface area (Å²) in [6.45, 7) is -0.882. The minimum absolute atomic E-state index is 0.325. The topological polar surface area (TPSA) is 110 Å². The van der Waals surface area contributed by atoms with Crippen molar-refractivity contribution < 1.29 is 29.4 Å². The van der Waals surface area contributed by atoms with Gasteiger partial charge >= 0.3 is 7.75 Å². The van der Waals surface area contributed by atoms with Crippen LogP contribution in [0.5, 0.6) is 0 Å². The second kappa shape index (κ2) is 4.88. The first-order chi connectivity index (χ1) is 5.38. The maximum Gasteiger partial charge on any atom is 0.425 e. The zero-order chi connectivity index (χ0) is 9.78. The lowest BCUT2D eigenvalue weighted by atomic mass is 10.4. The molecule has 7 nitrogen and oxygen atoms in total. The molecular weight excluding hydrogens is 189 g/mol. The highest BCUT2D eigenvalue weighted by molar-refractivity contribution is 7.48. The largest absolute Gasteiger partial charge is 0.425 e. The van der Waals surface area contributed by atoms with Crippen LogP contribution < -0.4 is 0 Å². The number of aliphatic hydroxyl groups excluding tert-OH is 2. The van der Waals surface area contributed by atoms with Gasteiger partial charge in [0.2, 0.25) is 0 Å². The molecule has 0 aliphatic carbocycles. The van der Waals surface area contributed by atoms with Crippen LogP contribution in [0, 0.1) is 0 Å². The van der Waals surface area contributed by atoms with Crippen molar-refractivity contribution in [2.24, 2.45) is 0 Å². The molecule has 0 aliphatic rings. The van der Waals surface area contributed by atoms with E-state index >= 15 is 0 Å². The zero-order valence-corrected chi connectivity index (χ0v) is 7.39. The number of nitrogens with zero attached hydrogens (tertiary/aromatic N) is 1. The van der Waals surface area contributed by atoms with Gasteiger partial charge in [-0.15, -0.1) is 0 Å². The van der Waals surface area contributed by atoms with Crippen molar-refractivity contribution in [2.75, 3.05) is 20.3 Å². The van der Waals surface area contributed by atoms with Gasteiger partial charge in [-0.2, -0.15) is 0 Å². The van der Waals surface area contributed by atoms with E-state index in [1.165, 1.54) is 0 Å². The fourth-order valence-corrected chi connectivity index (χ4v) is 0.539. The Bertz CT molecular complexity index is 169. The second-order valence-electron chi connectivity index (χ2n) is 2.11. The van der Waals surface area contributed by atoms with Crippen molar-refractivity contribution in [3.8, 4) is 0 Å². The Morgan fingerprint density at radius 1 is 1.58 bits per heavy atom. The van der Waals surface area contributed by atoms with Crippen molar-refractivity contribution in [3.63, 3.8) is 0 Å². The van der Waals surface area contributed by atoms with Crippen LogP contribution in [-0.4, -0.2) is 51.2 Å². The van der Waals surface area contributed by atoms with E-state index in [1.807, 2.05) is 0 Å². The van der Waals surface area contributed by atoms with E-state index in [0.717, 1.165) is 7.05 Å². The summed E-state index contributed by atoms with van der Waals surface area (Å²) in [5.74, 6) is 0. The van der Waals surface area contributed by atoms with E-state index in [2.05, 4.69) is 4.84 Å². The highest BCUT2D eigenvalue weighted by Crippen LogP contribution is 2.38. The first-order valence-corrected chi connectivity index (χ1v) is 4.66. The van der Waals surface area contributed by atoms with Crippen molar-refractivity contribution >= 4 is 7.75 Å². The van der Waals surface area contributed by atoms with Crippen LogP contribution in [0.25, 0.3) is 0 Å². The first-order valence-electron chi connectivity index (χ1n) is 3.09. The molecular formula is C4H12NO6P. The third-order valence-corrected chi connectivity index (χ3v) is 1.88. The number of hydroxylamine groups is 1. The van der Waals surface area contributed by atoms with Crippen molar-refractivity contribution in [1.29, 1.82) is 0 Å². The standard InChI is InChI=1S/C4H12NO6P/c1-5(12(8,9)10)11-3-4(7)2-6/h4,6-7H,2-3H2,1H3,(H2,8,9,10). The average molecular weight is 201 g/mol. The van der Waals surface area contributed by atoms with Crippen LogP contribution in [0.4, 0.5) is 0 Å². The molecule has 1 atom stereocenters. The summed E-state index contributed by atoms with van der Waals surface area (Å²) in [6, 6.07) is 0. The molecule has 12 heavy (non-hydrogen) atoms. The van der Waals surface area contributed by atoms with Crippen LogP contribution in [0.2, 0.25) is 0 Å². The second-order valence-corrected chi connectivity index (χ2v) is 3.70. The molecule has 74 valence electrons. The molecule has 0 spiro atoms. The Morgan fingerprint density at radius 3 is 2.42 bits per heavy atom. The Kier molecular flexibility index (Phi) is 4.88. The SMILES string of the molecule is CN(OCC(O)CO)P(=O)(O)O. The summed E-state index contributed by atoms with van der Waals surface area (Å²) in [7, 11) is -3.37. The number of hydrogen-bond acceptors (Lipinski definition) is 4. The van der Waals surface area contributed by atoms with E-state index in [0.29, 0.717) is 4.83 Å². The van der Waals surface area contributed by atoms with Gasteiger partial charge in [0, 0.05) is 7.05 Å². The van der Waals surface area contributed by atoms with Crippen LogP contribution >= 0.6 is 7.75 Å². The van der Waals surface area contributed by atoms with Gasteiger partial charge in [0.15, 0.2) is 0 Å². The Morgan fingerprint density at radius 2 is 2.08 bits per heavy atom. The molecule has 0 aromatic carbocycles. The van der Waals surface area contributed by atoms with Crippen LogP contribution in [-0.2, 0) is 9.40 Å². The molecule has 8 heteroatoms. The zero-order valence-electron chi connectivity index (χ0n) is 6.49. The van der Waals surface area contributed by atoms with Crippen molar-refractivity contribution in [2.45, 2.75) is 6.10 Å². The molecule has 1 unspecified atom stereocenters. The molecule has 0 saturated carbocycles. The third kappa shape index (κ3) is 4.78. The van der Waals surface area contributed by atoms with Crippen LogP contribution in [0.1, 0.15) is 0 Å². The minimum atomic E-state index is -4.41. The molecule has 0 aromatic heterocycles. The third-order valence-electron chi connectivity index (χ3n) is 1.03. The molecule has 0 fully saturated rings. The van der Waals surface area contributed by atoms with Gasteiger partial charge in [0.1, 0.15) is 6.10 Å². The van der Waals surface area contributed by atoms with E-state index < -0.39 is 20.5 Å². The van der Waals surface area contributed by atoms with E-state index in [-0.39, 0.29) is 6.61 Å². The molecule has 0 bridgehead atoms. The summed E-state index contributed by atoms with van der Waals surface area (Å²) in [5.41, 5.74) is 0. The fourth-order valence-electron chi connectivity index (χ4n) is 0.322. The Balaban J connectivity index is 3.72. The molecule has 0 aliphatic heterocycles. The molecule has 0 rings (SSSR count). The molecule has 0 aromatic rings. The molecule has 0 saturated heterocycles. The maximum absolute atomic E-state index is 10.4.